The number of amides is 2. The van der Waals surface area contributed by atoms with Crippen molar-refractivity contribution in [1.82, 2.24) is 20.3 Å². The van der Waals surface area contributed by atoms with Crippen molar-refractivity contribution >= 4 is 23.4 Å². The zero-order chi connectivity index (χ0) is 25.6. The lowest BCUT2D eigenvalue weighted by Gasteiger charge is -2.29. The average molecular weight is 507 g/mol. The number of aromatic nitrogens is 3. The van der Waals surface area contributed by atoms with E-state index in [1.54, 1.807) is 36.8 Å². The first-order valence-corrected chi connectivity index (χ1v) is 12.2. The van der Waals surface area contributed by atoms with Gasteiger partial charge in [0.25, 0.3) is 0 Å². The molecule has 11 heteroatoms. The van der Waals surface area contributed by atoms with Crippen molar-refractivity contribution in [3.8, 4) is 11.4 Å². The Morgan fingerprint density at radius 2 is 1.92 bits per heavy atom. The molecule has 2 aromatic heterocycles. The number of hydrogen-bond acceptors (Lipinski definition) is 8. The molecule has 0 unspecified atom stereocenters. The molecule has 3 aromatic rings. The summed E-state index contributed by atoms with van der Waals surface area (Å²) in [6.07, 6.45) is 4.64. The smallest absolute Gasteiger partial charge is 0.414 e. The van der Waals surface area contributed by atoms with Crippen molar-refractivity contribution in [1.29, 1.82) is 0 Å². The lowest BCUT2D eigenvalue weighted by Crippen LogP contribution is -2.37. The lowest BCUT2D eigenvalue weighted by atomic mass is 10.1. The van der Waals surface area contributed by atoms with Gasteiger partial charge in [-0.3, -0.25) is 14.7 Å². The predicted octanol–water partition coefficient (Wildman–Crippen LogP) is 2.59. The molecule has 4 heterocycles. The Morgan fingerprint density at radius 3 is 2.65 bits per heavy atom. The molecule has 0 radical (unpaired) electrons. The minimum Gasteiger partial charge on any atom is -0.442 e. The summed E-state index contributed by atoms with van der Waals surface area (Å²) in [7, 11) is 0. The topological polar surface area (TPSA) is 110 Å². The zero-order valence-corrected chi connectivity index (χ0v) is 20.2. The Morgan fingerprint density at radius 1 is 1.11 bits per heavy atom. The largest absolute Gasteiger partial charge is 0.442 e. The number of carbonyl (C=O) groups is 2. The second kappa shape index (κ2) is 11.3. The summed E-state index contributed by atoms with van der Waals surface area (Å²) in [5.74, 6) is 0.0183. The van der Waals surface area contributed by atoms with Crippen molar-refractivity contribution < 1.29 is 23.5 Å². The molecule has 1 atom stereocenters. The zero-order valence-electron chi connectivity index (χ0n) is 20.2. The Hall–Kier alpha value is -4.12. The summed E-state index contributed by atoms with van der Waals surface area (Å²) in [6.45, 7) is 2.74. The molecule has 1 aromatic carbocycles. The number of benzene rings is 1. The molecular weight excluding hydrogens is 479 g/mol. The van der Waals surface area contributed by atoms with E-state index in [9.17, 15) is 14.0 Å². The molecule has 2 fully saturated rings. The molecule has 0 spiro atoms. The highest BCUT2D eigenvalue weighted by Crippen LogP contribution is 2.28. The van der Waals surface area contributed by atoms with Crippen LogP contribution in [-0.4, -0.2) is 72.4 Å². The van der Waals surface area contributed by atoms with E-state index in [4.69, 9.17) is 9.47 Å². The van der Waals surface area contributed by atoms with Crippen molar-refractivity contribution in [3.05, 3.63) is 66.5 Å². The predicted molar refractivity (Wildman–Crippen MR) is 134 cm³/mol. The maximum Gasteiger partial charge on any atom is 0.414 e. The molecule has 0 bridgehead atoms. The number of aryl methyl sites for hydroxylation is 1. The van der Waals surface area contributed by atoms with Crippen molar-refractivity contribution in [2.75, 3.05) is 49.2 Å². The lowest BCUT2D eigenvalue weighted by molar-refractivity contribution is -0.121. The van der Waals surface area contributed by atoms with Gasteiger partial charge in [0.15, 0.2) is 5.82 Å². The van der Waals surface area contributed by atoms with E-state index >= 15 is 0 Å². The molecule has 2 amide bonds. The van der Waals surface area contributed by atoms with Gasteiger partial charge in [0.05, 0.1) is 37.7 Å². The van der Waals surface area contributed by atoms with Gasteiger partial charge >= 0.3 is 6.09 Å². The van der Waals surface area contributed by atoms with Crippen LogP contribution in [0, 0.1) is 5.82 Å². The van der Waals surface area contributed by atoms with E-state index < -0.39 is 18.0 Å². The van der Waals surface area contributed by atoms with Crippen molar-refractivity contribution in [2.45, 2.75) is 18.9 Å². The highest BCUT2D eigenvalue weighted by Gasteiger charge is 2.33. The van der Waals surface area contributed by atoms with Crippen LogP contribution in [-0.2, 0) is 20.7 Å². The van der Waals surface area contributed by atoms with Crippen LogP contribution in [0.25, 0.3) is 11.4 Å². The van der Waals surface area contributed by atoms with Crippen molar-refractivity contribution in [2.24, 2.45) is 0 Å². The van der Waals surface area contributed by atoms with Gasteiger partial charge in [-0.2, -0.15) is 0 Å². The van der Waals surface area contributed by atoms with E-state index in [1.807, 2.05) is 17.0 Å². The molecule has 2 aliphatic rings. The van der Waals surface area contributed by atoms with Gasteiger partial charge in [-0.15, -0.1) is 0 Å². The Kier molecular flexibility index (Phi) is 7.50. The first kappa shape index (κ1) is 24.6. The van der Waals surface area contributed by atoms with Crippen LogP contribution in [0.5, 0.6) is 0 Å². The van der Waals surface area contributed by atoms with E-state index in [2.05, 4.69) is 20.3 Å². The van der Waals surface area contributed by atoms with Gasteiger partial charge in [0.1, 0.15) is 11.9 Å². The summed E-state index contributed by atoms with van der Waals surface area (Å²) < 4.78 is 25.5. The number of hydrogen-bond donors (Lipinski definition) is 1. The minimum absolute atomic E-state index is 0.173. The van der Waals surface area contributed by atoms with E-state index in [0.717, 1.165) is 11.3 Å². The van der Waals surface area contributed by atoms with Crippen LogP contribution in [0.2, 0.25) is 0 Å². The summed E-state index contributed by atoms with van der Waals surface area (Å²) in [6, 6.07) is 10.2. The van der Waals surface area contributed by atoms with Gasteiger partial charge in [0, 0.05) is 49.4 Å². The number of anilines is 2. The van der Waals surface area contributed by atoms with Crippen molar-refractivity contribution in [3.63, 3.8) is 0 Å². The fourth-order valence-corrected chi connectivity index (χ4v) is 4.27. The second-order valence-corrected chi connectivity index (χ2v) is 8.77. The summed E-state index contributed by atoms with van der Waals surface area (Å²) >= 11 is 0. The second-order valence-electron chi connectivity index (χ2n) is 8.77. The number of carbonyl (C=O) groups excluding carboxylic acids is 2. The normalized spacial score (nSPS) is 17.5. The number of pyridine rings is 1. The maximum absolute atomic E-state index is 14.8. The molecular formula is C26H27FN6O4. The van der Waals surface area contributed by atoms with Crippen LogP contribution in [0.4, 0.5) is 20.6 Å². The highest BCUT2D eigenvalue weighted by atomic mass is 19.1. The molecule has 2 aliphatic heterocycles. The third kappa shape index (κ3) is 6.00. The number of ether oxygens (including phenoxy) is 2. The van der Waals surface area contributed by atoms with Gasteiger partial charge in [-0.1, -0.05) is 0 Å². The number of nitrogens with zero attached hydrogens (tertiary/aromatic N) is 5. The standard InChI is InChI=1S/C26H27FN6O4/c27-22-14-20(5-6-23(22)32-10-12-36-13-11-32)33-17-21(37-26(33)35)16-31-24(34)7-4-19-3-2-18(15-30-19)25-28-8-1-9-29-25/h1-3,5-6,8-9,14-15,21H,4,7,10-13,16-17H2,(H,31,34)/t21-/m0/s1. The summed E-state index contributed by atoms with van der Waals surface area (Å²) in [5, 5.41) is 2.80. The Balaban J connectivity index is 1.09. The van der Waals surface area contributed by atoms with Crippen LogP contribution in [0.3, 0.4) is 0 Å². The molecule has 0 saturated carbocycles. The third-order valence-electron chi connectivity index (χ3n) is 6.25. The fraction of sp³-hybridized carbons (Fsp3) is 0.346. The Bertz CT molecular complexity index is 1240. The Labute approximate surface area is 213 Å². The molecule has 10 nitrogen and oxygen atoms in total. The molecule has 37 heavy (non-hydrogen) atoms. The fourth-order valence-electron chi connectivity index (χ4n) is 4.27. The molecule has 0 aliphatic carbocycles. The van der Waals surface area contributed by atoms with Crippen LogP contribution < -0.4 is 15.1 Å². The van der Waals surface area contributed by atoms with Gasteiger partial charge in [-0.25, -0.2) is 19.2 Å². The quantitative estimate of drug-likeness (QED) is 0.497. The number of morpholine rings is 1. The van der Waals surface area contributed by atoms with Gasteiger partial charge in [-0.05, 0) is 42.8 Å². The highest BCUT2D eigenvalue weighted by molar-refractivity contribution is 5.90. The van der Waals surface area contributed by atoms with Gasteiger partial charge in [0.2, 0.25) is 5.91 Å². The third-order valence-corrected chi connectivity index (χ3v) is 6.25. The monoisotopic (exact) mass is 506 g/mol. The molecule has 2 saturated heterocycles. The number of nitrogens with one attached hydrogen (secondary N) is 1. The molecule has 5 rings (SSSR count). The SMILES string of the molecule is O=C(CCc1ccc(-c2ncccn2)cn1)NC[C@H]1CN(c2ccc(N3CCOCC3)c(F)c2)C(=O)O1. The van der Waals surface area contributed by atoms with E-state index in [1.165, 1.54) is 11.0 Å². The van der Waals surface area contributed by atoms with Gasteiger partial charge < -0.3 is 19.7 Å². The summed E-state index contributed by atoms with van der Waals surface area (Å²) in [5.41, 5.74) is 2.48. The van der Waals surface area contributed by atoms with Crippen LogP contribution in [0.1, 0.15) is 12.1 Å². The number of rotatable bonds is 8. The molecule has 1 N–H and O–H groups in total. The average Bonchev–Trinajstić information content (AvgIpc) is 3.32. The van der Waals surface area contributed by atoms with Crippen LogP contribution >= 0.6 is 0 Å². The van der Waals surface area contributed by atoms with E-state index in [-0.39, 0.29) is 25.4 Å². The maximum atomic E-state index is 14.8. The van der Waals surface area contributed by atoms with Crippen LogP contribution in [0.15, 0.2) is 55.0 Å². The summed E-state index contributed by atoms with van der Waals surface area (Å²) in [4.78, 5) is 40.8. The molecule has 192 valence electrons. The number of halogens is 1. The van der Waals surface area contributed by atoms with E-state index in [0.29, 0.717) is 49.9 Å². The first-order chi connectivity index (χ1) is 18.1. The minimum atomic E-state index is -0.565. The number of cyclic esters (lactones) is 1. The first-order valence-electron chi connectivity index (χ1n) is 12.2.